The third kappa shape index (κ3) is 22.5. The fourth-order valence-electron chi connectivity index (χ4n) is 17.2. The molecule has 0 bridgehead atoms. The summed E-state index contributed by atoms with van der Waals surface area (Å²) in [5.41, 5.74) is 27.9. The van der Waals surface area contributed by atoms with Crippen LogP contribution in [0.15, 0.2) is 74.3 Å². The van der Waals surface area contributed by atoms with Crippen LogP contribution in [0.25, 0.3) is 44.7 Å². The van der Waals surface area contributed by atoms with Crippen LogP contribution >= 0.6 is 40.3 Å². The van der Waals surface area contributed by atoms with Crippen molar-refractivity contribution >= 4 is 185 Å². The SMILES string of the molecule is CCCCCCOP(O)(=S)OC1C[C@H](n2cnc3c(=O)[nH]c(N)nc32)O[C@@H]1COP(O)(=S)OC1[C@@H](COP(O)(=S)OC2[C@@H](COP(O)(=S)OC3[C@@H](COP(O)(=S)OC4[C@@H](COP(O)(=S)OC5[C@@H](CO)O[C@@H](n6cc(C)c(=O)[nH]c6=O)[C@H]5C)O[C@@H](n5cnc6c(=O)[nH]c(N)nc65)[C@H]4C)O[C@@H](n4cc(C)c(N)nc4=O)[C@H]3C)O[C@@H](n3cnc4c(N)ncnc43)[C@H]2C)O[C@@H](n2cnc3c(N)ncnc32)[C@H]1C. The van der Waals surface area contributed by atoms with Gasteiger partial charge in [-0.05, 0) is 91.1 Å². The van der Waals surface area contributed by atoms with E-state index in [1.54, 1.807) is 41.5 Å². The molecule has 67 heteroatoms. The number of nitrogens with one attached hydrogen (secondary N) is 3. The van der Waals surface area contributed by atoms with Crippen LogP contribution in [-0.2, 0) is 154 Å². The third-order valence-electron chi connectivity index (χ3n) is 24.1. The van der Waals surface area contributed by atoms with Gasteiger partial charge in [-0.15, -0.1) is 0 Å². The molecule has 29 atom stereocenters. The number of nitrogens with zero attached hydrogens (tertiary/aromatic N) is 17. The largest absolute Gasteiger partial charge is 0.394 e. The number of anilines is 5. The zero-order valence-corrected chi connectivity index (χ0v) is 84.3. The first-order valence-corrected chi connectivity index (χ1v) is 58.2. The number of aliphatic hydroxyl groups is 1. The van der Waals surface area contributed by atoms with Gasteiger partial charge in [-0.1, -0.05) is 60.8 Å². The Balaban J connectivity index is 0.635. The minimum atomic E-state index is -4.75. The van der Waals surface area contributed by atoms with E-state index in [0.29, 0.717) is 12.0 Å². The number of unbranched alkanes of at least 4 members (excludes halogenated alkanes) is 3. The molecule has 10 aromatic rings. The molecule has 6 fully saturated rings. The van der Waals surface area contributed by atoms with Crippen LogP contribution in [0.4, 0.5) is 29.4 Å². The zero-order chi connectivity index (χ0) is 99.1. The van der Waals surface area contributed by atoms with Gasteiger partial charge >= 0.3 is 51.7 Å². The first kappa shape index (κ1) is 104. The van der Waals surface area contributed by atoms with Gasteiger partial charge in [0.05, 0.1) is 77.7 Å². The summed E-state index contributed by atoms with van der Waals surface area (Å²) in [5.74, 6) is -5.19. The molecule has 0 aliphatic carbocycles. The number of hydrogen-bond donors (Lipinski definition) is 15. The molecule has 754 valence electrons. The lowest BCUT2D eigenvalue weighted by atomic mass is 10.0. The summed E-state index contributed by atoms with van der Waals surface area (Å²) >= 11 is 34.3. The number of H-pyrrole nitrogens is 3. The van der Waals surface area contributed by atoms with Crippen molar-refractivity contribution in [3.05, 3.63) is 114 Å². The van der Waals surface area contributed by atoms with Crippen molar-refractivity contribution < 1.29 is 117 Å². The van der Waals surface area contributed by atoms with Gasteiger partial charge in [-0.2, -0.15) is 15.0 Å². The van der Waals surface area contributed by atoms with Crippen LogP contribution in [0.1, 0.15) is 122 Å². The molecule has 0 saturated carbocycles. The third-order valence-corrected chi connectivity index (χ3v) is 33.5. The van der Waals surface area contributed by atoms with Crippen LogP contribution in [0.3, 0.4) is 0 Å². The van der Waals surface area contributed by atoms with E-state index in [2.05, 4.69) is 69.8 Å². The minimum absolute atomic E-state index is 0.00711. The van der Waals surface area contributed by atoms with E-state index in [9.17, 15) is 58.4 Å². The second-order valence-electron chi connectivity index (χ2n) is 33.5. The standard InChI is InChI=1S/C71H99N25O30P6S6/c1-9-10-11-12-13-109-127(103,133)121-36-14-43(93-25-83-46-58(93)86-68(75)88-61(46)99)115-38(36)18-110-128(104,134)124-50-33(6)65(94-26-81-44-54(73)77-23-79-56(44)94)118-40(50)20-114-132(108,138)125-51-34(7)66(95-27-82-45-55(74)78-24-80-57(45)95)119-41(51)21-113-130(106,136)123-49-32(5)64(91-15-29(2)53(72)85-70(91)101)117-39(49)19-112-131(107,137)126-52-35(8)67(96-28-84-47-59(96)87-69(76)89-62(47)100)120-42(52)22-111-129(105,135)122-48-31(4)63(116-37(48)17-97)92-16-30(3)60(98)90-71(92)102/h15-16,23-28,31-43,48-52,63-67,97H,9-14,17-22H2,1-8H3,(H,103,133)(H,104,134)(H,105,135)(H,106,136)(H,107,137)(H,108,138)(H2,72,85,101)(H2,73,77,79)(H2,74,78,80)(H,90,98,102)(H3,75,86,88,99)(H3,76,87,89,100)/t31-,32-,33-,34-,35-,36?,37+,38+,39+,40+,41+,42+,43+,48?,49?,50?,51?,52?,63+,64+,65+,66+,67+,127?,128?,129?,130?,131?,132?/m0/s1. The Kier molecular flexibility index (Phi) is 31.5. The van der Waals surface area contributed by atoms with Crippen molar-refractivity contribution in [2.75, 3.05) is 74.9 Å². The van der Waals surface area contributed by atoms with Crippen molar-refractivity contribution in [1.82, 2.24) is 97.2 Å². The molecule has 16 rings (SSSR count). The predicted octanol–water partition coefficient (Wildman–Crippen LogP) is 2.51. The van der Waals surface area contributed by atoms with E-state index in [1.807, 2.05) is 6.92 Å². The number of aryl methyl sites for hydroxylation is 2. The number of fused-ring (bicyclic) bond motifs is 4. The lowest BCUT2D eigenvalue weighted by Gasteiger charge is -2.30. The van der Waals surface area contributed by atoms with Crippen LogP contribution < -0.4 is 56.7 Å². The monoisotopic (exact) mass is 2160 g/mol. The summed E-state index contributed by atoms with van der Waals surface area (Å²) in [4.78, 5) is 192. The minimum Gasteiger partial charge on any atom is -0.394 e. The first-order valence-electron chi connectivity index (χ1n) is 42.6. The zero-order valence-electron chi connectivity index (χ0n) is 74.0. The Hall–Kier alpha value is -6.74. The predicted molar refractivity (Wildman–Crippen MR) is 507 cm³/mol. The van der Waals surface area contributed by atoms with Gasteiger partial charge in [0.25, 0.3) is 16.7 Å². The average molecular weight is 2160 g/mol. The van der Waals surface area contributed by atoms with E-state index in [4.69, 9.17) is 182 Å². The van der Waals surface area contributed by atoms with Crippen LogP contribution in [0.2, 0.25) is 0 Å². The summed E-state index contributed by atoms with van der Waals surface area (Å²) in [6, 6.07) is 0. The molecule has 0 spiro atoms. The number of nitrogen functional groups attached to an aromatic ring is 5. The van der Waals surface area contributed by atoms with Gasteiger partial charge in [-0.25, -0.2) is 49.5 Å². The maximum absolute atomic E-state index is 13.9. The molecular weight excluding hydrogens is 2060 g/mol. The summed E-state index contributed by atoms with van der Waals surface area (Å²) in [6.07, 6.45) is -9.55. The number of hydrogen-bond acceptors (Lipinski definition) is 46. The highest BCUT2D eigenvalue weighted by molar-refractivity contribution is 8.08. The molecule has 0 radical (unpaired) electrons. The molecule has 6 aliphatic heterocycles. The molecule has 138 heavy (non-hydrogen) atoms. The van der Waals surface area contributed by atoms with E-state index >= 15 is 0 Å². The van der Waals surface area contributed by atoms with Gasteiger partial charge in [0, 0.05) is 59.5 Å². The summed E-state index contributed by atoms with van der Waals surface area (Å²) < 4.78 is 121. The number of ether oxygens (including phenoxy) is 6. The van der Waals surface area contributed by atoms with Gasteiger partial charge in [-0.3, -0.25) is 56.7 Å². The number of imidazole rings is 4. The molecule has 12 unspecified atom stereocenters. The normalized spacial score (nSPS) is 30.6. The number of aliphatic hydroxyl groups excluding tert-OH is 1. The Morgan fingerprint density at radius 2 is 0.761 bits per heavy atom. The van der Waals surface area contributed by atoms with Crippen LogP contribution in [0, 0.1) is 43.4 Å². The van der Waals surface area contributed by atoms with Crippen molar-refractivity contribution in [1.29, 1.82) is 0 Å². The Morgan fingerprint density at radius 3 is 1.19 bits per heavy atom. The molecule has 10 aromatic heterocycles. The fraction of sp³-hybridized carbons (Fsp3) is 0.606. The fourth-order valence-corrected chi connectivity index (χ4v) is 26.3. The van der Waals surface area contributed by atoms with E-state index < -0.39 is 248 Å². The maximum atomic E-state index is 13.9. The van der Waals surface area contributed by atoms with Crippen LogP contribution in [0.5, 0.6) is 0 Å². The summed E-state index contributed by atoms with van der Waals surface area (Å²) in [7, 11) is 0. The quantitative estimate of drug-likeness (QED) is 0.0194. The number of aromatic amines is 3. The highest BCUT2D eigenvalue weighted by Gasteiger charge is 2.55. The van der Waals surface area contributed by atoms with Crippen molar-refractivity contribution in [2.45, 2.75) is 198 Å². The smallest absolute Gasteiger partial charge is 0.351 e. The Bertz CT molecular complexity index is 6850. The maximum Gasteiger partial charge on any atom is 0.351 e. The molecule has 20 N–H and O–H groups in total. The Morgan fingerprint density at radius 1 is 0.399 bits per heavy atom. The van der Waals surface area contributed by atoms with Gasteiger partial charge in [0.15, 0.2) is 45.3 Å². The molecule has 0 aromatic carbocycles. The van der Waals surface area contributed by atoms with Crippen molar-refractivity contribution in [3.8, 4) is 0 Å². The molecule has 6 saturated heterocycles. The lowest BCUT2D eigenvalue weighted by molar-refractivity contribution is -0.0574. The number of nitrogens with two attached hydrogens (primary N) is 5. The second kappa shape index (κ2) is 41.8. The second-order valence-corrected chi connectivity index (χ2v) is 50.3. The molecular formula is C71H99N25O30P6S6. The number of rotatable bonds is 40. The van der Waals surface area contributed by atoms with E-state index in [-0.39, 0.29) is 92.6 Å². The van der Waals surface area contributed by atoms with Gasteiger partial charge in [0.2, 0.25) is 11.9 Å². The number of aromatic nitrogens is 20. The molecule has 6 aliphatic rings. The van der Waals surface area contributed by atoms with E-state index in [0.717, 1.165) is 28.4 Å². The van der Waals surface area contributed by atoms with Crippen molar-refractivity contribution in [2.24, 2.45) is 29.6 Å². The highest BCUT2D eigenvalue weighted by atomic mass is 32.5. The van der Waals surface area contributed by atoms with Crippen LogP contribution in [-0.4, -0.2) is 251 Å². The van der Waals surface area contributed by atoms with Gasteiger partial charge in [0.1, 0.15) is 134 Å². The highest BCUT2D eigenvalue weighted by Crippen LogP contribution is 2.60. The Labute approximate surface area is 810 Å². The lowest BCUT2D eigenvalue weighted by Crippen LogP contribution is -2.36. The average Bonchev–Trinajstić information content (AvgIpc) is 1.62. The van der Waals surface area contributed by atoms with E-state index in [1.165, 1.54) is 75.5 Å². The molecule has 55 nitrogen and oxygen atoms in total. The topological polar surface area (TPSA) is 742 Å². The van der Waals surface area contributed by atoms with Gasteiger partial charge < -0.3 is 146 Å². The summed E-state index contributed by atoms with van der Waals surface area (Å²) in [5, 5.41) is 10.5. The summed E-state index contributed by atoms with van der Waals surface area (Å²) in [6.45, 7) is -18.1. The molecule has 16 heterocycles. The van der Waals surface area contributed by atoms with Crippen molar-refractivity contribution in [3.63, 3.8) is 0 Å². The molecule has 0 amide bonds. The first-order chi connectivity index (χ1) is 65.2.